The molecule has 1 saturated carbocycles. The number of pyridine rings is 1. The second-order valence-electron chi connectivity index (χ2n) is 6.51. The molecule has 114 valence electrons. The van der Waals surface area contributed by atoms with Crippen molar-refractivity contribution < 1.29 is 4.79 Å². The SMILES string of the molecule is CC1CC(N2Cc3nc4c(Br)cccc4c(N)c3C2C=O)C1. The molecule has 2 aromatic rings. The van der Waals surface area contributed by atoms with Gasteiger partial charge in [-0.2, -0.15) is 0 Å². The van der Waals surface area contributed by atoms with Crippen molar-refractivity contribution in [3.63, 3.8) is 0 Å². The summed E-state index contributed by atoms with van der Waals surface area (Å²) < 4.78 is 0.942. The molecule has 1 aromatic carbocycles. The maximum Gasteiger partial charge on any atom is 0.141 e. The molecule has 22 heavy (non-hydrogen) atoms. The van der Waals surface area contributed by atoms with Gasteiger partial charge in [-0.05, 0) is 40.8 Å². The monoisotopic (exact) mass is 359 g/mol. The van der Waals surface area contributed by atoms with Crippen LogP contribution in [0.15, 0.2) is 22.7 Å². The number of anilines is 1. The lowest BCUT2D eigenvalue weighted by Gasteiger charge is -2.41. The van der Waals surface area contributed by atoms with Crippen molar-refractivity contribution in [3.8, 4) is 0 Å². The average molecular weight is 360 g/mol. The number of fused-ring (bicyclic) bond motifs is 2. The molecule has 1 aliphatic heterocycles. The minimum absolute atomic E-state index is 0.247. The maximum atomic E-state index is 11.7. The van der Waals surface area contributed by atoms with Crippen LogP contribution in [0.25, 0.3) is 10.9 Å². The zero-order valence-electron chi connectivity index (χ0n) is 12.4. The predicted molar refractivity (Wildman–Crippen MR) is 90.4 cm³/mol. The number of nitrogen functional groups attached to an aromatic ring is 1. The van der Waals surface area contributed by atoms with Gasteiger partial charge in [-0.3, -0.25) is 4.90 Å². The lowest BCUT2D eigenvalue weighted by atomic mass is 9.80. The van der Waals surface area contributed by atoms with Crippen molar-refractivity contribution in [2.45, 2.75) is 38.4 Å². The first kappa shape index (κ1) is 14.2. The summed E-state index contributed by atoms with van der Waals surface area (Å²) in [7, 11) is 0. The zero-order chi connectivity index (χ0) is 15.4. The van der Waals surface area contributed by atoms with E-state index in [9.17, 15) is 4.79 Å². The van der Waals surface area contributed by atoms with Gasteiger partial charge in [0.2, 0.25) is 0 Å². The van der Waals surface area contributed by atoms with E-state index in [0.717, 1.165) is 58.2 Å². The maximum absolute atomic E-state index is 11.7. The summed E-state index contributed by atoms with van der Waals surface area (Å²) in [5, 5.41) is 0.920. The Balaban J connectivity index is 1.85. The Bertz CT molecular complexity index is 770. The topological polar surface area (TPSA) is 59.2 Å². The largest absolute Gasteiger partial charge is 0.398 e. The summed E-state index contributed by atoms with van der Waals surface area (Å²) in [5.74, 6) is 0.750. The van der Waals surface area contributed by atoms with Gasteiger partial charge in [-0.1, -0.05) is 19.1 Å². The second kappa shape index (κ2) is 5.03. The van der Waals surface area contributed by atoms with Crippen molar-refractivity contribution in [2.75, 3.05) is 5.73 Å². The van der Waals surface area contributed by atoms with Gasteiger partial charge in [-0.25, -0.2) is 4.98 Å². The lowest BCUT2D eigenvalue weighted by molar-refractivity contribution is -0.114. The fourth-order valence-corrected chi connectivity index (χ4v) is 4.32. The number of carbonyl (C=O) groups excluding carboxylic acids is 1. The van der Waals surface area contributed by atoms with Crippen LogP contribution in [0, 0.1) is 5.92 Å². The number of hydrogen-bond donors (Lipinski definition) is 1. The number of carbonyl (C=O) groups is 1. The quantitative estimate of drug-likeness (QED) is 0.834. The standard InChI is InChI=1S/C17H18BrN3O/c1-9-5-10(6-9)21-7-13-15(14(21)8-22)16(19)11-3-2-4-12(18)17(11)20-13/h2-4,8-10,14H,5-7H2,1H3,(H2,19,20). The van der Waals surface area contributed by atoms with Gasteiger partial charge in [-0.15, -0.1) is 0 Å². The predicted octanol–water partition coefficient (Wildman–Crippen LogP) is 3.43. The zero-order valence-corrected chi connectivity index (χ0v) is 14.0. The highest BCUT2D eigenvalue weighted by Crippen LogP contribution is 2.45. The molecule has 1 aliphatic carbocycles. The summed E-state index contributed by atoms with van der Waals surface area (Å²) in [6.45, 7) is 2.98. The number of hydrogen-bond acceptors (Lipinski definition) is 4. The number of nitrogens with zero attached hydrogens (tertiary/aromatic N) is 2. The van der Waals surface area contributed by atoms with E-state index in [1.807, 2.05) is 18.2 Å². The molecule has 0 bridgehead atoms. The van der Waals surface area contributed by atoms with Gasteiger partial charge < -0.3 is 10.5 Å². The number of aromatic nitrogens is 1. The fourth-order valence-electron chi connectivity index (χ4n) is 3.86. The molecule has 4 rings (SSSR count). The molecule has 0 amide bonds. The minimum Gasteiger partial charge on any atom is -0.398 e. The molecule has 2 N–H and O–H groups in total. The molecule has 1 atom stereocenters. The van der Waals surface area contributed by atoms with Gasteiger partial charge >= 0.3 is 0 Å². The van der Waals surface area contributed by atoms with Gasteiger partial charge in [0.05, 0.1) is 17.3 Å². The van der Waals surface area contributed by atoms with E-state index in [-0.39, 0.29) is 6.04 Å². The third-order valence-corrected chi connectivity index (χ3v) is 5.70. The van der Waals surface area contributed by atoms with Crippen molar-refractivity contribution in [3.05, 3.63) is 33.9 Å². The molecule has 1 unspecified atom stereocenters. The number of halogens is 1. The van der Waals surface area contributed by atoms with Crippen LogP contribution < -0.4 is 5.73 Å². The van der Waals surface area contributed by atoms with Crippen LogP contribution in [-0.4, -0.2) is 22.2 Å². The Morgan fingerprint density at radius 1 is 1.41 bits per heavy atom. The van der Waals surface area contributed by atoms with E-state index >= 15 is 0 Å². The van der Waals surface area contributed by atoms with E-state index in [4.69, 9.17) is 10.7 Å². The smallest absolute Gasteiger partial charge is 0.141 e. The highest BCUT2D eigenvalue weighted by atomic mass is 79.9. The summed E-state index contributed by atoms with van der Waals surface area (Å²) >= 11 is 3.55. The van der Waals surface area contributed by atoms with Crippen LogP contribution in [0.2, 0.25) is 0 Å². The van der Waals surface area contributed by atoms with E-state index in [2.05, 4.69) is 27.8 Å². The van der Waals surface area contributed by atoms with Crippen molar-refractivity contribution >= 4 is 38.8 Å². The lowest BCUT2D eigenvalue weighted by Crippen LogP contribution is -2.43. The normalized spacial score (nSPS) is 27.6. The molecular weight excluding hydrogens is 342 g/mol. The highest BCUT2D eigenvalue weighted by Gasteiger charge is 2.41. The summed E-state index contributed by atoms with van der Waals surface area (Å²) in [6, 6.07) is 6.12. The van der Waals surface area contributed by atoms with Crippen LogP contribution in [0.1, 0.15) is 37.1 Å². The van der Waals surface area contributed by atoms with Crippen LogP contribution in [0.5, 0.6) is 0 Å². The van der Waals surface area contributed by atoms with Crippen LogP contribution >= 0.6 is 15.9 Å². The molecule has 4 nitrogen and oxygen atoms in total. The van der Waals surface area contributed by atoms with Gasteiger partial charge in [0.25, 0.3) is 0 Å². The first-order chi connectivity index (χ1) is 10.6. The van der Waals surface area contributed by atoms with E-state index < -0.39 is 0 Å². The summed E-state index contributed by atoms with van der Waals surface area (Å²) in [5.41, 5.74) is 9.86. The molecule has 1 fully saturated rings. The Labute approximate surface area is 137 Å². The van der Waals surface area contributed by atoms with Crippen molar-refractivity contribution in [2.24, 2.45) is 5.92 Å². The highest BCUT2D eigenvalue weighted by molar-refractivity contribution is 9.10. The number of nitrogens with two attached hydrogens (primary N) is 1. The minimum atomic E-state index is -0.247. The molecule has 0 saturated heterocycles. The van der Waals surface area contributed by atoms with Gasteiger partial charge in [0, 0.05) is 33.7 Å². The van der Waals surface area contributed by atoms with Crippen LogP contribution in [0.4, 0.5) is 5.69 Å². The molecule has 0 spiro atoms. The average Bonchev–Trinajstić information content (AvgIpc) is 2.83. The Kier molecular flexibility index (Phi) is 3.24. The van der Waals surface area contributed by atoms with Gasteiger partial charge in [0.1, 0.15) is 6.29 Å². The number of para-hydroxylation sites is 1. The number of aldehydes is 1. The molecule has 1 aromatic heterocycles. The molecule has 2 heterocycles. The van der Waals surface area contributed by atoms with E-state index in [1.165, 1.54) is 0 Å². The Hall–Kier alpha value is -1.46. The molecule has 5 heteroatoms. The third kappa shape index (κ3) is 1.92. The van der Waals surface area contributed by atoms with E-state index in [0.29, 0.717) is 11.7 Å². The Morgan fingerprint density at radius 2 is 2.18 bits per heavy atom. The Morgan fingerprint density at radius 3 is 2.86 bits per heavy atom. The molecule has 0 radical (unpaired) electrons. The van der Waals surface area contributed by atoms with Gasteiger partial charge in [0.15, 0.2) is 0 Å². The van der Waals surface area contributed by atoms with Crippen molar-refractivity contribution in [1.29, 1.82) is 0 Å². The molecular formula is C17H18BrN3O. The first-order valence-corrected chi connectivity index (χ1v) is 8.47. The van der Waals surface area contributed by atoms with Crippen LogP contribution in [-0.2, 0) is 11.3 Å². The first-order valence-electron chi connectivity index (χ1n) is 7.67. The fraction of sp³-hybridized carbons (Fsp3) is 0.412. The third-order valence-electron chi connectivity index (χ3n) is 5.06. The van der Waals surface area contributed by atoms with Crippen molar-refractivity contribution in [1.82, 2.24) is 9.88 Å². The number of rotatable bonds is 2. The van der Waals surface area contributed by atoms with Crippen LogP contribution in [0.3, 0.4) is 0 Å². The molecule has 2 aliphatic rings. The summed E-state index contributed by atoms with van der Waals surface area (Å²) in [4.78, 5) is 18.8. The second-order valence-corrected chi connectivity index (χ2v) is 7.36. The number of benzene rings is 1. The summed E-state index contributed by atoms with van der Waals surface area (Å²) in [6.07, 6.45) is 3.33. The van der Waals surface area contributed by atoms with E-state index in [1.54, 1.807) is 0 Å².